The lowest BCUT2D eigenvalue weighted by Crippen LogP contribution is -1.98. The first-order chi connectivity index (χ1) is 6.63. The minimum Gasteiger partial charge on any atom is -0.385 e. The molecule has 0 aromatic heterocycles. The van der Waals surface area contributed by atoms with Crippen LogP contribution in [0.15, 0.2) is 18.2 Å². The molecular formula is C12H20NP. The molecule has 0 spiro atoms. The molecular weight excluding hydrogens is 189 g/mol. The second kappa shape index (κ2) is 5.36. The summed E-state index contributed by atoms with van der Waals surface area (Å²) in [7, 11) is 0.158. The van der Waals surface area contributed by atoms with Crippen molar-refractivity contribution >= 4 is 13.6 Å². The van der Waals surface area contributed by atoms with Crippen LogP contribution in [-0.4, -0.2) is 19.9 Å². The van der Waals surface area contributed by atoms with Gasteiger partial charge in [-0.25, -0.2) is 0 Å². The first-order valence-electron chi connectivity index (χ1n) is 5.11. The van der Waals surface area contributed by atoms with Crippen LogP contribution in [0.3, 0.4) is 0 Å². The van der Waals surface area contributed by atoms with Gasteiger partial charge in [0.2, 0.25) is 0 Å². The molecule has 0 fully saturated rings. The van der Waals surface area contributed by atoms with Crippen molar-refractivity contribution in [3.05, 3.63) is 29.3 Å². The zero-order valence-corrected chi connectivity index (χ0v) is 10.5. The lowest BCUT2D eigenvalue weighted by molar-refractivity contribution is 1.20. The average Bonchev–Trinajstić information content (AvgIpc) is 2.10. The van der Waals surface area contributed by atoms with Crippen molar-refractivity contribution in [2.45, 2.75) is 20.0 Å². The molecule has 1 N–H and O–H groups in total. The Balaban J connectivity index is 2.84. The van der Waals surface area contributed by atoms with E-state index < -0.39 is 0 Å². The predicted octanol–water partition coefficient (Wildman–Crippen LogP) is 3.67. The van der Waals surface area contributed by atoms with Gasteiger partial charge in [0.15, 0.2) is 0 Å². The summed E-state index contributed by atoms with van der Waals surface area (Å²) >= 11 is 0. The summed E-state index contributed by atoms with van der Waals surface area (Å²) in [6.07, 6.45) is 1.24. The maximum Gasteiger partial charge on any atom is 0.0343 e. The van der Waals surface area contributed by atoms with Gasteiger partial charge in [-0.05, 0) is 56.6 Å². The summed E-state index contributed by atoms with van der Waals surface area (Å²) in [5.41, 5.74) is 4.17. The first-order valence-corrected chi connectivity index (χ1v) is 7.53. The summed E-state index contributed by atoms with van der Waals surface area (Å²) in [5.74, 6) is 0. The number of rotatable bonds is 4. The van der Waals surface area contributed by atoms with Gasteiger partial charge in [0.1, 0.15) is 0 Å². The van der Waals surface area contributed by atoms with Gasteiger partial charge in [-0.1, -0.05) is 6.07 Å². The molecule has 1 nitrogen and oxygen atoms in total. The van der Waals surface area contributed by atoms with Crippen molar-refractivity contribution in [1.29, 1.82) is 0 Å². The van der Waals surface area contributed by atoms with Crippen molar-refractivity contribution in [1.82, 2.24) is 0 Å². The molecule has 0 aliphatic rings. The highest BCUT2D eigenvalue weighted by atomic mass is 31.1. The number of nitrogens with one attached hydrogen (secondary N) is 1. The fraction of sp³-hybridized carbons (Fsp3) is 0.500. The fourth-order valence-corrected chi connectivity index (χ4v) is 2.52. The van der Waals surface area contributed by atoms with Gasteiger partial charge in [0.25, 0.3) is 0 Å². The third-order valence-corrected chi connectivity index (χ3v) is 3.19. The molecule has 2 heteroatoms. The number of hydrogen-bond acceptors (Lipinski definition) is 1. The molecule has 1 aromatic carbocycles. The standard InChI is InChI=1S/C12H20NP/c1-5-13-12-7-6-10(2)11(8-12)9-14(3)4/h6-8,13H,5,9H2,1-4H3. The van der Waals surface area contributed by atoms with Gasteiger partial charge < -0.3 is 5.32 Å². The molecule has 0 saturated heterocycles. The molecule has 1 aromatic rings. The van der Waals surface area contributed by atoms with Crippen molar-refractivity contribution in [2.24, 2.45) is 0 Å². The van der Waals surface area contributed by atoms with Gasteiger partial charge in [0, 0.05) is 12.2 Å². The van der Waals surface area contributed by atoms with Gasteiger partial charge in [-0.15, -0.1) is 7.92 Å². The highest BCUT2D eigenvalue weighted by Crippen LogP contribution is 2.32. The minimum atomic E-state index is 0.158. The Morgan fingerprint density at radius 2 is 2.00 bits per heavy atom. The van der Waals surface area contributed by atoms with Crippen LogP contribution in [-0.2, 0) is 6.16 Å². The highest BCUT2D eigenvalue weighted by Gasteiger charge is 2.02. The number of hydrogen-bond donors (Lipinski definition) is 1. The van der Waals surface area contributed by atoms with E-state index in [-0.39, 0.29) is 7.92 Å². The second-order valence-electron chi connectivity index (χ2n) is 3.91. The van der Waals surface area contributed by atoms with Crippen LogP contribution in [0.1, 0.15) is 18.1 Å². The molecule has 1 rings (SSSR count). The summed E-state index contributed by atoms with van der Waals surface area (Å²) in [4.78, 5) is 0. The van der Waals surface area contributed by atoms with E-state index in [4.69, 9.17) is 0 Å². The maximum absolute atomic E-state index is 3.36. The van der Waals surface area contributed by atoms with Crippen LogP contribution in [0.25, 0.3) is 0 Å². The third-order valence-electron chi connectivity index (χ3n) is 2.22. The smallest absolute Gasteiger partial charge is 0.0343 e. The molecule has 0 saturated carbocycles. The van der Waals surface area contributed by atoms with Crippen LogP contribution in [0.5, 0.6) is 0 Å². The molecule has 0 atom stereocenters. The summed E-state index contributed by atoms with van der Waals surface area (Å²) in [6.45, 7) is 9.98. The lowest BCUT2D eigenvalue weighted by atomic mass is 10.1. The summed E-state index contributed by atoms with van der Waals surface area (Å²) < 4.78 is 0. The predicted molar refractivity (Wildman–Crippen MR) is 67.8 cm³/mol. The Morgan fingerprint density at radius 1 is 1.29 bits per heavy atom. The maximum atomic E-state index is 3.36. The Bertz CT molecular complexity index is 294. The second-order valence-corrected chi connectivity index (χ2v) is 6.38. The van der Waals surface area contributed by atoms with Crippen molar-refractivity contribution in [3.8, 4) is 0 Å². The van der Waals surface area contributed by atoms with E-state index in [2.05, 4.69) is 50.7 Å². The lowest BCUT2D eigenvalue weighted by Gasteiger charge is -2.11. The Labute approximate surface area is 88.7 Å². The van der Waals surface area contributed by atoms with E-state index in [0.717, 1.165) is 6.54 Å². The monoisotopic (exact) mass is 209 g/mol. The third kappa shape index (κ3) is 3.31. The fourth-order valence-electron chi connectivity index (χ4n) is 1.50. The van der Waals surface area contributed by atoms with E-state index in [0.29, 0.717) is 0 Å². The van der Waals surface area contributed by atoms with E-state index >= 15 is 0 Å². The Kier molecular flexibility index (Phi) is 4.41. The molecule has 14 heavy (non-hydrogen) atoms. The topological polar surface area (TPSA) is 12.0 Å². The van der Waals surface area contributed by atoms with E-state index in [1.54, 1.807) is 0 Å². The van der Waals surface area contributed by atoms with Crippen LogP contribution in [0.2, 0.25) is 0 Å². The van der Waals surface area contributed by atoms with Crippen LogP contribution in [0, 0.1) is 6.92 Å². The quantitative estimate of drug-likeness (QED) is 0.746. The summed E-state index contributed by atoms with van der Waals surface area (Å²) in [5, 5.41) is 3.36. The normalized spacial score (nSPS) is 10.6. The molecule has 0 amide bonds. The zero-order valence-electron chi connectivity index (χ0n) is 9.59. The zero-order chi connectivity index (χ0) is 10.6. The molecule has 0 aliphatic carbocycles. The van der Waals surface area contributed by atoms with Crippen LogP contribution >= 0.6 is 7.92 Å². The molecule has 0 unspecified atom stereocenters. The van der Waals surface area contributed by atoms with Crippen molar-refractivity contribution < 1.29 is 0 Å². The van der Waals surface area contributed by atoms with Gasteiger partial charge in [0.05, 0.1) is 0 Å². The van der Waals surface area contributed by atoms with Crippen molar-refractivity contribution in [2.75, 3.05) is 25.2 Å². The molecule has 0 aliphatic heterocycles. The SMILES string of the molecule is CCNc1ccc(C)c(CP(C)C)c1. The number of anilines is 1. The molecule has 78 valence electrons. The van der Waals surface area contributed by atoms with Gasteiger partial charge in [-0.3, -0.25) is 0 Å². The van der Waals surface area contributed by atoms with Crippen molar-refractivity contribution in [3.63, 3.8) is 0 Å². The number of benzene rings is 1. The Hall–Kier alpha value is -0.550. The molecule has 0 radical (unpaired) electrons. The van der Waals surface area contributed by atoms with Crippen LogP contribution in [0.4, 0.5) is 5.69 Å². The van der Waals surface area contributed by atoms with Crippen LogP contribution < -0.4 is 5.32 Å². The highest BCUT2D eigenvalue weighted by molar-refractivity contribution is 7.55. The Morgan fingerprint density at radius 3 is 2.57 bits per heavy atom. The minimum absolute atomic E-state index is 0.158. The largest absolute Gasteiger partial charge is 0.385 e. The first kappa shape index (κ1) is 11.5. The van der Waals surface area contributed by atoms with E-state index in [1.165, 1.54) is 23.0 Å². The number of aryl methyl sites for hydroxylation is 1. The van der Waals surface area contributed by atoms with Gasteiger partial charge >= 0.3 is 0 Å². The van der Waals surface area contributed by atoms with E-state index in [9.17, 15) is 0 Å². The average molecular weight is 209 g/mol. The van der Waals surface area contributed by atoms with E-state index in [1.807, 2.05) is 0 Å². The van der Waals surface area contributed by atoms with Gasteiger partial charge in [-0.2, -0.15) is 0 Å². The molecule has 0 bridgehead atoms. The summed E-state index contributed by atoms with van der Waals surface area (Å²) in [6, 6.07) is 6.67. The molecule has 0 heterocycles.